The standard InChI is InChI=1S/C22H37N7O6S/c1-12(2)8-14(23)19(31)29-17(9-13-10-25-11-26-13)21(33)27-15(4-5-18(24)30)20(32)28-16(22(34)35)6-7-36-3/h10-12,14-17H,4-9,23H2,1-3H3,(H2,24,30)(H,25,26)(H,27,33)(H,28,32)(H,29,31)(H,34,35). The molecule has 0 aromatic carbocycles. The zero-order chi connectivity index (χ0) is 27.3. The minimum absolute atomic E-state index is 0.0294. The van der Waals surface area contributed by atoms with Gasteiger partial charge in [0.1, 0.15) is 18.1 Å². The number of primary amides is 1. The second kappa shape index (κ2) is 15.8. The summed E-state index contributed by atoms with van der Waals surface area (Å²) in [5, 5.41) is 17.0. The van der Waals surface area contributed by atoms with Crippen LogP contribution in [0.15, 0.2) is 12.5 Å². The first-order chi connectivity index (χ1) is 16.9. The predicted octanol–water partition coefficient (Wildman–Crippen LogP) is -1.12. The Kier molecular flexibility index (Phi) is 13.5. The van der Waals surface area contributed by atoms with Crippen LogP contribution in [0.2, 0.25) is 0 Å². The van der Waals surface area contributed by atoms with Crippen LogP contribution >= 0.6 is 11.8 Å². The Balaban J connectivity index is 3.06. The van der Waals surface area contributed by atoms with Gasteiger partial charge in [0, 0.05) is 24.7 Å². The fraction of sp³-hybridized carbons (Fsp3) is 0.636. The lowest BCUT2D eigenvalue weighted by molar-refractivity contribution is -0.142. The highest BCUT2D eigenvalue weighted by Crippen LogP contribution is 2.07. The summed E-state index contributed by atoms with van der Waals surface area (Å²) >= 11 is 1.42. The van der Waals surface area contributed by atoms with E-state index in [0.717, 1.165) is 0 Å². The highest BCUT2D eigenvalue weighted by molar-refractivity contribution is 7.98. The molecule has 0 aliphatic carbocycles. The van der Waals surface area contributed by atoms with Gasteiger partial charge in [0.2, 0.25) is 23.6 Å². The van der Waals surface area contributed by atoms with Crippen LogP contribution in [0.25, 0.3) is 0 Å². The van der Waals surface area contributed by atoms with Gasteiger partial charge in [0.25, 0.3) is 0 Å². The molecule has 0 radical (unpaired) electrons. The number of amides is 4. The number of carbonyl (C=O) groups is 5. The minimum Gasteiger partial charge on any atom is -0.480 e. The van der Waals surface area contributed by atoms with Crippen molar-refractivity contribution in [2.24, 2.45) is 17.4 Å². The summed E-state index contributed by atoms with van der Waals surface area (Å²) < 4.78 is 0. The summed E-state index contributed by atoms with van der Waals surface area (Å²) in [5.41, 5.74) is 11.7. The van der Waals surface area contributed by atoms with E-state index in [4.69, 9.17) is 11.5 Å². The van der Waals surface area contributed by atoms with E-state index >= 15 is 0 Å². The number of hydrogen-bond acceptors (Lipinski definition) is 8. The Hall–Kier alpha value is -3.13. The molecule has 1 heterocycles. The molecule has 0 aliphatic heterocycles. The average molecular weight is 528 g/mol. The Morgan fingerprint density at radius 1 is 1.03 bits per heavy atom. The van der Waals surface area contributed by atoms with Crippen molar-refractivity contribution >= 4 is 41.4 Å². The van der Waals surface area contributed by atoms with E-state index in [1.807, 2.05) is 13.8 Å². The molecule has 4 atom stereocenters. The number of aromatic nitrogens is 2. The van der Waals surface area contributed by atoms with Crippen molar-refractivity contribution < 1.29 is 29.1 Å². The van der Waals surface area contributed by atoms with Gasteiger partial charge in [-0.25, -0.2) is 9.78 Å². The van der Waals surface area contributed by atoms with Gasteiger partial charge in [-0.3, -0.25) is 19.2 Å². The lowest BCUT2D eigenvalue weighted by Gasteiger charge is -2.25. The van der Waals surface area contributed by atoms with Gasteiger partial charge in [-0.15, -0.1) is 0 Å². The Labute approximate surface area is 214 Å². The molecule has 9 N–H and O–H groups in total. The Morgan fingerprint density at radius 2 is 1.64 bits per heavy atom. The molecule has 0 spiro atoms. The number of hydrogen-bond donors (Lipinski definition) is 7. The number of rotatable bonds is 17. The summed E-state index contributed by atoms with van der Waals surface area (Å²) in [6.07, 6.45) is 4.93. The van der Waals surface area contributed by atoms with E-state index in [2.05, 4.69) is 25.9 Å². The van der Waals surface area contributed by atoms with Crippen LogP contribution in [-0.2, 0) is 30.4 Å². The first-order valence-corrected chi connectivity index (χ1v) is 13.0. The molecule has 14 heteroatoms. The summed E-state index contributed by atoms with van der Waals surface area (Å²) in [6.45, 7) is 3.82. The number of imidazole rings is 1. The monoisotopic (exact) mass is 527 g/mol. The number of thioether (sulfide) groups is 1. The van der Waals surface area contributed by atoms with Crippen molar-refractivity contribution in [3.8, 4) is 0 Å². The van der Waals surface area contributed by atoms with Crippen molar-refractivity contribution in [2.75, 3.05) is 12.0 Å². The van der Waals surface area contributed by atoms with Gasteiger partial charge in [-0.05, 0) is 37.2 Å². The lowest BCUT2D eigenvalue weighted by Crippen LogP contribution is -2.57. The predicted molar refractivity (Wildman–Crippen MR) is 135 cm³/mol. The highest BCUT2D eigenvalue weighted by atomic mass is 32.2. The van der Waals surface area contributed by atoms with Crippen molar-refractivity contribution in [1.29, 1.82) is 0 Å². The number of H-pyrrole nitrogens is 1. The maximum absolute atomic E-state index is 13.2. The molecule has 1 aromatic heterocycles. The van der Waals surface area contributed by atoms with Crippen LogP contribution < -0.4 is 27.4 Å². The summed E-state index contributed by atoms with van der Waals surface area (Å²) in [7, 11) is 0. The van der Waals surface area contributed by atoms with Crippen LogP contribution in [0.4, 0.5) is 0 Å². The first-order valence-electron chi connectivity index (χ1n) is 11.6. The second-order valence-electron chi connectivity index (χ2n) is 8.83. The number of nitrogens with two attached hydrogens (primary N) is 2. The molecule has 1 rings (SSSR count). The van der Waals surface area contributed by atoms with E-state index in [1.54, 1.807) is 6.26 Å². The van der Waals surface area contributed by atoms with Crippen LogP contribution in [-0.4, -0.2) is 80.8 Å². The molecule has 0 saturated carbocycles. The molecule has 4 unspecified atom stereocenters. The van der Waals surface area contributed by atoms with Crippen LogP contribution in [0.5, 0.6) is 0 Å². The van der Waals surface area contributed by atoms with E-state index in [9.17, 15) is 29.1 Å². The van der Waals surface area contributed by atoms with E-state index in [1.165, 1.54) is 24.3 Å². The number of aliphatic carboxylic acids is 1. The third kappa shape index (κ3) is 11.5. The quantitative estimate of drug-likeness (QED) is 0.130. The van der Waals surface area contributed by atoms with Crippen LogP contribution in [0, 0.1) is 5.92 Å². The third-order valence-electron chi connectivity index (χ3n) is 5.21. The number of nitrogens with zero attached hydrogens (tertiary/aromatic N) is 1. The van der Waals surface area contributed by atoms with Crippen molar-refractivity contribution in [2.45, 2.75) is 70.1 Å². The maximum atomic E-state index is 13.2. The topological polar surface area (TPSA) is 222 Å². The smallest absolute Gasteiger partial charge is 0.326 e. The van der Waals surface area contributed by atoms with Crippen molar-refractivity contribution in [3.05, 3.63) is 18.2 Å². The van der Waals surface area contributed by atoms with Crippen LogP contribution in [0.3, 0.4) is 0 Å². The second-order valence-corrected chi connectivity index (χ2v) is 9.81. The fourth-order valence-corrected chi connectivity index (χ4v) is 3.78. The molecule has 0 bridgehead atoms. The Bertz CT molecular complexity index is 880. The van der Waals surface area contributed by atoms with Crippen LogP contribution in [0.1, 0.15) is 45.2 Å². The van der Waals surface area contributed by atoms with Gasteiger partial charge >= 0.3 is 5.97 Å². The molecule has 0 saturated heterocycles. The maximum Gasteiger partial charge on any atom is 0.326 e. The molecule has 0 fully saturated rings. The third-order valence-corrected chi connectivity index (χ3v) is 5.86. The molecule has 1 aromatic rings. The molecular formula is C22H37N7O6S. The summed E-state index contributed by atoms with van der Waals surface area (Å²) in [4.78, 5) is 68.3. The normalized spacial score (nSPS) is 14.4. The van der Waals surface area contributed by atoms with E-state index < -0.39 is 53.8 Å². The average Bonchev–Trinajstić information content (AvgIpc) is 3.30. The molecule has 13 nitrogen and oxygen atoms in total. The molecule has 202 valence electrons. The van der Waals surface area contributed by atoms with E-state index in [-0.39, 0.29) is 31.6 Å². The molecule has 4 amide bonds. The summed E-state index contributed by atoms with van der Waals surface area (Å²) in [5.74, 6) is -3.30. The van der Waals surface area contributed by atoms with Crippen molar-refractivity contribution in [3.63, 3.8) is 0 Å². The van der Waals surface area contributed by atoms with Gasteiger partial charge in [-0.2, -0.15) is 11.8 Å². The molecular weight excluding hydrogens is 490 g/mol. The van der Waals surface area contributed by atoms with Crippen molar-refractivity contribution in [1.82, 2.24) is 25.9 Å². The number of nitrogens with one attached hydrogen (secondary N) is 4. The van der Waals surface area contributed by atoms with Gasteiger partial charge in [0.05, 0.1) is 12.4 Å². The number of carboxylic acid groups (broad SMARTS) is 1. The zero-order valence-corrected chi connectivity index (χ0v) is 21.6. The summed E-state index contributed by atoms with van der Waals surface area (Å²) in [6, 6.07) is -4.39. The number of carboxylic acids is 1. The zero-order valence-electron chi connectivity index (χ0n) is 20.8. The number of aromatic amines is 1. The van der Waals surface area contributed by atoms with Gasteiger partial charge < -0.3 is 37.5 Å². The van der Waals surface area contributed by atoms with Gasteiger partial charge in [-0.1, -0.05) is 13.8 Å². The highest BCUT2D eigenvalue weighted by Gasteiger charge is 2.31. The lowest BCUT2D eigenvalue weighted by atomic mass is 10.0. The SMILES string of the molecule is CSCCC(NC(=O)C(CCC(N)=O)NC(=O)C(Cc1cnc[nH]1)NC(=O)C(N)CC(C)C)C(=O)O. The first kappa shape index (κ1) is 30.9. The molecule has 0 aliphatic rings. The largest absolute Gasteiger partial charge is 0.480 e. The van der Waals surface area contributed by atoms with Gasteiger partial charge in [0.15, 0.2) is 0 Å². The molecule has 36 heavy (non-hydrogen) atoms. The van der Waals surface area contributed by atoms with E-state index in [0.29, 0.717) is 17.9 Å². The minimum atomic E-state index is -1.26. The number of carbonyl (C=O) groups excluding carboxylic acids is 4. The Morgan fingerprint density at radius 3 is 2.17 bits per heavy atom. The fourth-order valence-electron chi connectivity index (χ4n) is 3.31.